The molecule has 1 saturated carbocycles. The molecule has 1 N–H and O–H groups in total. The van der Waals surface area contributed by atoms with Crippen molar-refractivity contribution in [3.05, 3.63) is 46.9 Å². The van der Waals surface area contributed by atoms with Gasteiger partial charge in [0, 0.05) is 12.6 Å². The molecule has 166 valence electrons. The Morgan fingerprint density at radius 3 is 2.81 bits per heavy atom. The van der Waals surface area contributed by atoms with Crippen LogP contribution in [0.15, 0.2) is 46.5 Å². The van der Waals surface area contributed by atoms with Crippen molar-refractivity contribution in [1.29, 1.82) is 0 Å². The van der Waals surface area contributed by atoms with E-state index in [-0.39, 0.29) is 17.2 Å². The van der Waals surface area contributed by atoms with Crippen molar-refractivity contribution >= 4 is 40.2 Å². The molecule has 3 aromatic heterocycles. The number of nitrogens with zero attached hydrogens (tertiary/aromatic N) is 6. The van der Waals surface area contributed by atoms with Crippen LogP contribution < -0.4 is 10.9 Å². The number of thioether (sulfide) groups is 1. The number of benzene rings is 1. The highest BCUT2D eigenvalue weighted by Gasteiger charge is 2.21. The van der Waals surface area contributed by atoms with E-state index in [4.69, 9.17) is 0 Å². The summed E-state index contributed by atoms with van der Waals surface area (Å²) in [7, 11) is 0. The number of hydrogen-bond donors (Lipinski definition) is 1. The average Bonchev–Trinajstić information content (AvgIpc) is 3.56. The number of anilines is 1. The van der Waals surface area contributed by atoms with Crippen LogP contribution in [0.3, 0.4) is 0 Å². The van der Waals surface area contributed by atoms with E-state index in [9.17, 15) is 9.59 Å². The summed E-state index contributed by atoms with van der Waals surface area (Å²) < 4.78 is 5.45. The molecule has 0 bridgehead atoms. The molecule has 1 amide bonds. The van der Waals surface area contributed by atoms with Gasteiger partial charge in [0.05, 0.1) is 28.9 Å². The lowest BCUT2D eigenvalue weighted by Gasteiger charge is -2.14. The zero-order valence-corrected chi connectivity index (χ0v) is 18.7. The molecule has 4 aromatic rings. The van der Waals surface area contributed by atoms with E-state index in [0.717, 1.165) is 30.6 Å². The molecule has 10 heteroatoms. The van der Waals surface area contributed by atoms with Crippen LogP contribution in [0.5, 0.6) is 0 Å². The molecule has 0 unspecified atom stereocenters. The molecule has 5 rings (SSSR count). The molecule has 0 spiro atoms. The molecule has 0 radical (unpaired) electrons. The molecule has 1 aliphatic rings. The van der Waals surface area contributed by atoms with Crippen LogP contribution >= 0.6 is 11.8 Å². The van der Waals surface area contributed by atoms with Crippen LogP contribution in [0.2, 0.25) is 0 Å². The van der Waals surface area contributed by atoms with Gasteiger partial charge in [0.1, 0.15) is 5.82 Å². The Morgan fingerprint density at radius 1 is 1.19 bits per heavy atom. The van der Waals surface area contributed by atoms with E-state index >= 15 is 0 Å². The highest BCUT2D eigenvalue weighted by molar-refractivity contribution is 7.99. The molecule has 0 saturated heterocycles. The molecule has 3 heterocycles. The molecule has 1 fully saturated rings. The molecule has 1 aromatic carbocycles. The lowest BCUT2D eigenvalue weighted by Crippen LogP contribution is -2.23. The third-order valence-electron chi connectivity index (χ3n) is 5.87. The zero-order valence-electron chi connectivity index (χ0n) is 17.9. The maximum Gasteiger partial charge on any atom is 0.262 e. The van der Waals surface area contributed by atoms with Gasteiger partial charge < -0.3 is 5.32 Å². The first-order valence-electron chi connectivity index (χ1n) is 11.0. The number of fused-ring (bicyclic) bond motifs is 3. The van der Waals surface area contributed by atoms with E-state index in [0.29, 0.717) is 28.9 Å². The van der Waals surface area contributed by atoms with Gasteiger partial charge in [-0.3, -0.25) is 18.6 Å². The fraction of sp³-hybridized carbons (Fsp3) is 0.409. The Hall–Kier alpha value is -3.14. The van der Waals surface area contributed by atoms with E-state index in [1.807, 2.05) is 46.3 Å². The second-order valence-corrected chi connectivity index (χ2v) is 8.97. The molecular formula is C22H25N7O2S. The van der Waals surface area contributed by atoms with Crippen molar-refractivity contribution in [2.24, 2.45) is 0 Å². The number of rotatable bonds is 7. The maximum absolute atomic E-state index is 12.9. The van der Waals surface area contributed by atoms with Crippen LogP contribution in [0.25, 0.3) is 16.7 Å². The summed E-state index contributed by atoms with van der Waals surface area (Å²) in [5.74, 6) is 1.28. The standard InChI is InChI=1S/C22H25N7O2S/c1-2-13-27-20(31)16-9-5-6-10-17(16)28-21(27)25-26-22(28)32-14-19(30)24-18-11-12-23-29(18)15-7-3-4-8-15/h5-6,9-12,15H,2-4,7-8,13-14H2,1H3,(H,24,30). The lowest BCUT2D eigenvalue weighted by atomic mass is 10.2. The van der Waals surface area contributed by atoms with Crippen molar-refractivity contribution in [2.45, 2.75) is 56.8 Å². The fourth-order valence-corrected chi connectivity index (χ4v) is 5.15. The smallest absolute Gasteiger partial charge is 0.262 e. The summed E-state index contributed by atoms with van der Waals surface area (Å²) in [6.45, 7) is 2.58. The minimum atomic E-state index is -0.127. The largest absolute Gasteiger partial charge is 0.310 e. The van der Waals surface area contributed by atoms with Crippen LogP contribution in [-0.2, 0) is 11.3 Å². The van der Waals surface area contributed by atoms with Gasteiger partial charge in [-0.25, -0.2) is 4.68 Å². The number of aromatic nitrogens is 6. The predicted octanol–water partition coefficient (Wildman–Crippen LogP) is 3.50. The van der Waals surface area contributed by atoms with Crippen molar-refractivity contribution in [3.8, 4) is 0 Å². The minimum Gasteiger partial charge on any atom is -0.310 e. The maximum atomic E-state index is 12.9. The number of carbonyl (C=O) groups excluding carboxylic acids is 1. The summed E-state index contributed by atoms with van der Waals surface area (Å²) in [5.41, 5.74) is 0.670. The van der Waals surface area contributed by atoms with Crippen molar-refractivity contribution < 1.29 is 4.79 Å². The SMILES string of the molecule is CCCn1c(=O)c2ccccc2n2c(SCC(=O)Nc3ccnn3C3CCCC3)nnc12. The Morgan fingerprint density at radius 2 is 2.00 bits per heavy atom. The molecule has 1 aliphatic carbocycles. The number of aryl methyl sites for hydroxylation is 1. The van der Waals surface area contributed by atoms with E-state index in [1.165, 1.54) is 24.6 Å². The van der Waals surface area contributed by atoms with Crippen LogP contribution in [0, 0.1) is 0 Å². The third-order valence-corrected chi connectivity index (χ3v) is 6.80. The first-order chi connectivity index (χ1) is 15.7. The highest BCUT2D eigenvalue weighted by Crippen LogP contribution is 2.31. The Kier molecular flexibility index (Phi) is 5.69. The number of carbonyl (C=O) groups is 1. The average molecular weight is 452 g/mol. The van der Waals surface area contributed by atoms with Gasteiger partial charge in [-0.1, -0.05) is 43.7 Å². The number of amides is 1. The van der Waals surface area contributed by atoms with E-state index in [1.54, 1.807) is 10.8 Å². The van der Waals surface area contributed by atoms with Crippen LogP contribution in [0.1, 0.15) is 45.1 Å². The first kappa shape index (κ1) is 20.7. The van der Waals surface area contributed by atoms with Crippen molar-refractivity contribution in [2.75, 3.05) is 11.1 Å². The quantitative estimate of drug-likeness (QED) is 0.432. The molecule has 9 nitrogen and oxygen atoms in total. The summed E-state index contributed by atoms with van der Waals surface area (Å²) in [4.78, 5) is 25.6. The Balaban J connectivity index is 1.40. The lowest BCUT2D eigenvalue weighted by molar-refractivity contribution is -0.113. The fourth-order valence-electron chi connectivity index (χ4n) is 4.41. The Bertz CT molecular complexity index is 1330. The van der Waals surface area contributed by atoms with E-state index < -0.39 is 0 Å². The summed E-state index contributed by atoms with van der Waals surface area (Å²) >= 11 is 1.30. The third kappa shape index (κ3) is 3.68. The first-order valence-corrected chi connectivity index (χ1v) is 12.0. The summed E-state index contributed by atoms with van der Waals surface area (Å²) in [5, 5.41) is 17.2. The summed E-state index contributed by atoms with van der Waals surface area (Å²) in [6.07, 6.45) is 7.12. The van der Waals surface area contributed by atoms with Gasteiger partial charge in [-0.15, -0.1) is 10.2 Å². The monoisotopic (exact) mass is 451 g/mol. The van der Waals surface area contributed by atoms with Gasteiger partial charge in [0.25, 0.3) is 5.56 Å². The molecular weight excluding hydrogens is 426 g/mol. The number of nitrogens with one attached hydrogen (secondary N) is 1. The summed E-state index contributed by atoms with van der Waals surface area (Å²) in [6, 6.07) is 9.63. The molecule has 0 atom stereocenters. The number of para-hydroxylation sites is 1. The van der Waals surface area contributed by atoms with Gasteiger partial charge in [0.15, 0.2) is 5.16 Å². The minimum absolute atomic E-state index is 0.0724. The number of hydrogen-bond acceptors (Lipinski definition) is 6. The predicted molar refractivity (Wildman–Crippen MR) is 124 cm³/mol. The van der Waals surface area contributed by atoms with Gasteiger partial charge in [-0.2, -0.15) is 5.10 Å². The Labute approximate surface area is 188 Å². The second-order valence-electron chi connectivity index (χ2n) is 8.03. The normalized spacial score (nSPS) is 14.5. The zero-order chi connectivity index (χ0) is 22.1. The second kappa shape index (κ2) is 8.78. The van der Waals surface area contributed by atoms with Crippen molar-refractivity contribution in [3.63, 3.8) is 0 Å². The van der Waals surface area contributed by atoms with Crippen LogP contribution in [0.4, 0.5) is 5.82 Å². The van der Waals surface area contributed by atoms with Gasteiger partial charge in [0.2, 0.25) is 11.7 Å². The topological polar surface area (TPSA) is 99.1 Å². The highest BCUT2D eigenvalue weighted by atomic mass is 32.2. The molecule has 0 aliphatic heterocycles. The van der Waals surface area contributed by atoms with Crippen LogP contribution in [-0.4, -0.2) is 40.6 Å². The van der Waals surface area contributed by atoms with E-state index in [2.05, 4.69) is 20.6 Å². The molecule has 32 heavy (non-hydrogen) atoms. The van der Waals surface area contributed by atoms with Crippen molar-refractivity contribution in [1.82, 2.24) is 28.9 Å². The van der Waals surface area contributed by atoms with Gasteiger partial charge >= 0.3 is 0 Å². The van der Waals surface area contributed by atoms with Gasteiger partial charge in [-0.05, 0) is 31.4 Å².